The molecule has 0 aromatic heterocycles. The van der Waals surface area contributed by atoms with E-state index in [2.05, 4.69) is 52.4 Å². The van der Waals surface area contributed by atoms with Crippen molar-refractivity contribution in [1.29, 1.82) is 0 Å². The van der Waals surface area contributed by atoms with Crippen LogP contribution < -0.4 is 14.8 Å². The van der Waals surface area contributed by atoms with Crippen LogP contribution in [-0.2, 0) is 19.7 Å². The van der Waals surface area contributed by atoms with Gasteiger partial charge in [0.25, 0.3) is 0 Å². The SMILES string of the molecule is COc1cc(CNCc2ccc(C)cc2)cc(Br)c1OCc1ccc(Cl)cc1Cl.Cl. The standard InChI is InChI=1S/C23H22BrCl2NO2.ClH/c1-15-3-5-16(6-4-15)12-27-13-17-9-20(24)23(22(10-17)28-2)29-14-18-7-8-19(25)11-21(18)26;/h3-11,27H,12-14H2,1-2H3;1H. The molecule has 0 saturated heterocycles. The summed E-state index contributed by atoms with van der Waals surface area (Å²) < 4.78 is 12.4. The molecular formula is C23H23BrCl3NO2. The number of halogens is 4. The summed E-state index contributed by atoms with van der Waals surface area (Å²) in [6.07, 6.45) is 0. The molecule has 30 heavy (non-hydrogen) atoms. The molecule has 0 heterocycles. The highest BCUT2D eigenvalue weighted by atomic mass is 79.9. The number of rotatable bonds is 8. The van der Waals surface area contributed by atoms with Crippen molar-refractivity contribution in [2.75, 3.05) is 7.11 Å². The maximum Gasteiger partial charge on any atom is 0.175 e. The van der Waals surface area contributed by atoms with E-state index in [1.165, 1.54) is 11.1 Å². The molecule has 0 aliphatic heterocycles. The first-order valence-electron chi connectivity index (χ1n) is 9.15. The lowest BCUT2D eigenvalue weighted by Crippen LogP contribution is -2.13. The predicted octanol–water partition coefficient (Wildman–Crippen LogP) is 7.36. The summed E-state index contributed by atoms with van der Waals surface area (Å²) in [7, 11) is 1.63. The normalized spacial score (nSPS) is 10.4. The Morgan fingerprint density at radius 3 is 2.30 bits per heavy atom. The Hall–Kier alpha value is -1.43. The number of ether oxygens (including phenoxy) is 2. The second-order valence-corrected chi connectivity index (χ2v) is 8.42. The predicted molar refractivity (Wildman–Crippen MR) is 130 cm³/mol. The zero-order valence-corrected chi connectivity index (χ0v) is 20.6. The van der Waals surface area contributed by atoms with Crippen molar-refractivity contribution in [1.82, 2.24) is 5.32 Å². The van der Waals surface area contributed by atoms with Crippen LogP contribution in [0.3, 0.4) is 0 Å². The van der Waals surface area contributed by atoms with Gasteiger partial charge >= 0.3 is 0 Å². The van der Waals surface area contributed by atoms with Crippen molar-refractivity contribution in [3.63, 3.8) is 0 Å². The third-order valence-electron chi connectivity index (χ3n) is 4.46. The van der Waals surface area contributed by atoms with Crippen molar-refractivity contribution in [3.8, 4) is 11.5 Å². The quantitative estimate of drug-likeness (QED) is 0.329. The molecule has 0 unspecified atom stereocenters. The van der Waals surface area contributed by atoms with Crippen LogP contribution in [0.1, 0.15) is 22.3 Å². The highest BCUT2D eigenvalue weighted by Crippen LogP contribution is 2.37. The summed E-state index contributed by atoms with van der Waals surface area (Å²) in [4.78, 5) is 0. The molecule has 3 rings (SSSR count). The van der Waals surface area contributed by atoms with Gasteiger partial charge in [0, 0.05) is 28.7 Å². The van der Waals surface area contributed by atoms with Crippen molar-refractivity contribution in [2.45, 2.75) is 26.6 Å². The van der Waals surface area contributed by atoms with Gasteiger partial charge in [0.2, 0.25) is 0 Å². The van der Waals surface area contributed by atoms with E-state index in [-0.39, 0.29) is 12.4 Å². The van der Waals surface area contributed by atoms with E-state index < -0.39 is 0 Å². The lowest BCUT2D eigenvalue weighted by atomic mass is 10.1. The van der Waals surface area contributed by atoms with Gasteiger partial charge in [-0.1, -0.05) is 59.1 Å². The van der Waals surface area contributed by atoms with Crippen LogP contribution in [0.15, 0.2) is 59.1 Å². The number of hydrogen-bond acceptors (Lipinski definition) is 3. The van der Waals surface area contributed by atoms with E-state index in [1.54, 1.807) is 19.2 Å². The van der Waals surface area contributed by atoms with E-state index in [0.717, 1.165) is 22.1 Å². The average Bonchev–Trinajstić information content (AvgIpc) is 2.69. The average molecular weight is 532 g/mol. The number of methoxy groups -OCH3 is 1. The Morgan fingerprint density at radius 1 is 0.933 bits per heavy atom. The minimum atomic E-state index is 0. The Bertz CT molecular complexity index is 981. The molecule has 0 amide bonds. The summed E-state index contributed by atoms with van der Waals surface area (Å²) in [5, 5.41) is 4.63. The molecule has 0 aliphatic carbocycles. The fourth-order valence-corrected chi connectivity index (χ4v) is 3.93. The zero-order valence-electron chi connectivity index (χ0n) is 16.7. The van der Waals surface area contributed by atoms with Gasteiger partial charge in [-0.3, -0.25) is 0 Å². The van der Waals surface area contributed by atoms with E-state index in [1.807, 2.05) is 18.2 Å². The topological polar surface area (TPSA) is 30.5 Å². The lowest BCUT2D eigenvalue weighted by molar-refractivity contribution is 0.282. The summed E-state index contributed by atoms with van der Waals surface area (Å²) in [6.45, 7) is 3.92. The molecule has 3 aromatic carbocycles. The van der Waals surface area contributed by atoms with Crippen LogP contribution in [0.2, 0.25) is 10.0 Å². The van der Waals surface area contributed by atoms with E-state index in [9.17, 15) is 0 Å². The molecule has 3 aromatic rings. The maximum absolute atomic E-state index is 6.24. The lowest BCUT2D eigenvalue weighted by Gasteiger charge is -2.15. The first kappa shape index (κ1) is 24.8. The minimum absolute atomic E-state index is 0. The Kier molecular flexibility index (Phi) is 9.79. The maximum atomic E-state index is 6.24. The first-order valence-corrected chi connectivity index (χ1v) is 10.7. The number of benzene rings is 3. The molecule has 0 bridgehead atoms. The van der Waals surface area contributed by atoms with Gasteiger partial charge in [0.15, 0.2) is 11.5 Å². The van der Waals surface area contributed by atoms with Crippen LogP contribution >= 0.6 is 51.5 Å². The monoisotopic (exact) mass is 529 g/mol. The molecular weight excluding hydrogens is 509 g/mol. The van der Waals surface area contributed by atoms with Gasteiger partial charge in [-0.15, -0.1) is 12.4 Å². The summed E-state index contributed by atoms with van der Waals surface area (Å²) in [5.74, 6) is 1.30. The fourth-order valence-electron chi connectivity index (χ4n) is 2.86. The first-order chi connectivity index (χ1) is 14.0. The second kappa shape index (κ2) is 11.8. The molecule has 3 nitrogen and oxygen atoms in total. The Morgan fingerprint density at radius 2 is 1.63 bits per heavy atom. The van der Waals surface area contributed by atoms with Gasteiger partial charge in [-0.05, 0) is 58.2 Å². The van der Waals surface area contributed by atoms with E-state index >= 15 is 0 Å². The molecule has 0 spiro atoms. The molecule has 0 atom stereocenters. The summed E-state index contributed by atoms with van der Waals surface area (Å²) in [6, 6.07) is 17.9. The van der Waals surface area contributed by atoms with Gasteiger partial charge in [-0.2, -0.15) is 0 Å². The molecule has 0 saturated carbocycles. The van der Waals surface area contributed by atoms with Crippen molar-refractivity contribution in [2.24, 2.45) is 0 Å². The van der Waals surface area contributed by atoms with Crippen molar-refractivity contribution in [3.05, 3.63) is 91.4 Å². The minimum Gasteiger partial charge on any atom is -0.493 e. The van der Waals surface area contributed by atoms with Crippen molar-refractivity contribution >= 4 is 51.5 Å². The second-order valence-electron chi connectivity index (χ2n) is 6.72. The van der Waals surface area contributed by atoms with Crippen LogP contribution in [0.4, 0.5) is 0 Å². The third-order valence-corrected chi connectivity index (χ3v) is 5.63. The van der Waals surface area contributed by atoms with Crippen LogP contribution in [0, 0.1) is 6.92 Å². The van der Waals surface area contributed by atoms with E-state index in [0.29, 0.717) is 34.7 Å². The van der Waals surface area contributed by atoms with E-state index in [4.69, 9.17) is 32.7 Å². The number of nitrogens with one attached hydrogen (secondary N) is 1. The molecule has 7 heteroatoms. The van der Waals surface area contributed by atoms with Gasteiger partial charge < -0.3 is 14.8 Å². The highest BCUT2D eigenvalue weighted by molar-refractivity contribution is 9.10. The van der Waals surface area contributed by atoms with Gasteiger partial charge in [-0.25, -0.2) is 0 Å². The third kappa shape index (κ3) is 6.79. The van der Waals surface area contributed by atoms with Gasteiger partial charge in [0.05, 0.1) is 11.6 Å². The Balaban J connectivity index is 0.00000320. The smallest absolute Gasteiger partial charge is 0.175 e. The fraction of sp³-hybridized carbons (Fsp3) is 0.217. The van der Waals surface area contributed by atoms with Crippen LogP contribution in [0.5, 0.6) is 11.5 Å². The van der Waals surface area contributed by atoms with Gasteiger partial charge in [0.1, 0.15) is 6.61 Å². The number of hydrogen-bond donors (Lipinski definition) is 1. The van der Waals surface area contributed by atoms with Crippen LogP contribution in [-0.4, -0.2) is 7.11 Å². The van der Waals surface area contributed by atoms with Crippen molar-refractivity contribution < 1.29 is 9.47 Å². The highest BCUT2D eigenvalue weighted by Gasteiger charge is 2.13. The molecule has 1 N–H and O–H groups in total. The zero-order chi connectivity index (χ0) is 20.8. The Labute approximate surface area is 202 Å². The summed E-state index contributed by atoms with van der Waals surface area (Å²) >= 11 is 15.8. The molecule has 0 radical (unpaired) electrons. The molecule has 0 fully saturated rings. The molecule has 160 valence electrons. The largest absolute Gasteiger partial charge is 0.493 e. The van der Waals surface area contributed by atoms with Crippen LogP contribution in [0.25, 0.3) is 0 Å². The number of aryl methyl sites for hydroxylation is 1. The summed E-state index contributed by atoms with van der Waals surface area (Å²) in [5.41, 5.74) is 4.46. The molecule has 0 aliphatic rings.